The van der Waals surface area contributed by atoms with Crippen molar-refractivity contribution in [2.24, 2.45) is 0 Å². The minimum atomic E-state index is -3.83. The van der Waals surface area contributed by atoms with Crippen LogP contribution in [0.5, 0.6) is 5.75 Å². The number of hydrogen-bond acceptors (Lipinski definition) is 11. The topological polar surface area (TPSA) is 152 Å². The number of rotatable bonds is 18. The molecule has 2 fully saturated rings. The Hall–Kier alpha value is -5.67. The second kappa shape index (κ2) is 19.6. The van der Waals surface area contributed by atoms with Gasteiger partial charge in [0, 0.05) is 60.5 Å². The quantitative estimate of drug-likeness (QED) is 0.0474. The Morgan fingerprint density at radius 2 is 1.63 bits per heavy atom. The summed E-state index contributed by atoms with van der Waals surface area (Å²) in [5.41, 5.74) is 2.68. The fourth-order valence-electron chi connectivity index (χ4n) is 6.66. The second-order valence-electron chi connectivity index (χ2n) is 14.1. The number of hydrogen-bond donors (Lipinski definition) is 0. The van der Waals surface area contributed by atoms with E-state index >= 15 is 0 Å². The van der Waals surface area contributed by atoms with Crippen LogP contribution in [0.3, 0.4) is 0 Å². The van der Waals surface area contributed by atoms with Gasteiger partial charge in [0.15, 0.2) is 6.73 Å². The summed E-state index contributed by atoms with van der Waals surface area (Å²) in [6, 6.07) is 26.2. The number of nitrogens with zero attached hydrogens (tertiary/aromatic N) is 5. The minimum Gasteiger partial charge on any atom is -0.489 e. The summed E-state index contributed by atoms with van der Waals surface area (Å²) < 4.78 is 70.3. The summed E-state index contributed by atoms with van der Waals surface area (Å²) in [4.78, 5) is 47.0. The predicted molar refractivity (Wildman–Crippen MR) is 214 cm³/mol. The molecule has 18 heteroatoms. The summed E-state index contributed by atoms with van der Waals surface area (Å²) >= 11 is 6.12. The van der Waals surface area contributed by atoms with Gasteiger partial charge in [-0.1, -0.05) is 84.4 Å². The third kappa shape index (κ3) is 11.1. The first-order chi connectivity index (χ1) is 29.0. The molecular weight excluding hydrogens is 823 g/mol. The smallest absolute Gasteiger partial charge is 0.410 e. The maximum absolute atomic E-state index is 14.3. The molecule has 60 heavy (non-hydrogen) atoms. The Labute approximate surface area is 349 Å². The molecule has 0 aliphatic carbocycles. The Balaban J connectivity index is 1.08. The Kier molecular flexibility index (Phi) is 13.9. The van der Waals surface area contributed by atoms with Crippen LogP contribution in [0.25, 0.3) is 11.1 Å². The third-order valence-electron chi connectivity index (χ3n) is 9.88. The van der Waals surface area contributed by atoms with E-state index in [9.17, 15) is 27.7 Å². The largest absolute Gasteiger partial charge is 0.489 e. The number of halogens is 3. The normalized spacial score (nSPS) is 16.3. The number of carbonyl (C=O) groups excluding carboxylic acids is 3. The van der Waals surface area contributed by atoms with Gasteiger partial charge in [0.1, 0.15) is 24.2 Å². The van der Waals surface area contributed by atoms with Gasteiger partial charge in [0.05, 0.1) is 38.0 Å². The molecule has 3 aromatic carbocycles. The number of ether oxygens (including phenoxy) is 3. The lowest BCUT2D eigenvalue weighted by molar-refractivity contribution is -0.147. The lowest BCUT2D eigenvalue weighted by atomic mass is 10.0. The standard InChI is InChI=1S/C42H41ClF2N5O9P/c43-33-13-11-29(12-14-33)23-48(28-56-39(51)16-18-60(54,57-25-30-7-3-1-4-8-30)58-26-31-9-5-2-6-10-31)40(52)37-20-38(36(22-46-37)32-21-47-50(24-32)41(44)45)59-35-15-17-49-34(19-35)27-55-42(49)53/h1-14,20-22,24,34-35,41H,15-19,23,25-28H2/t34-,35-/m0/s1. The van der Waals surface area contributed by atoms with Crippen molar-refractivity contribution in [1.29, 1.82) is 0 Å². The molecule has 0 spiro atoms. The van der Waals surface area contributed by atoms with Crippen LogP contribution in [0.2, 0.25) is 5.02 Å². The molecule has 2 amide bonds. The number of amides is 2. The van der Waals surface area contributed by atoms with Gasteiger partial charge >= 0.3 is 26.2 Å². The zero-order valence-electron chi connectivity index (χ0n) is 32.2. The van der Waals surface area contributed by atoms with Crippen molar-refractivity contribution in [1.82, 2.24) is 24.6 Å². The number of benzene rings is 3. The molecule has 0 bridgehead atoms. The molecule has 2 saturated heterocycles. The van der Waals surface area contributed by atoms with E-state index in [-0.39, 0.29) is 62.0 Å². The highest BCUT2D eigenvalue weighted by molar-refractivity contribution is 7.53. The van der Waals surface area contributed by atoms with Crippen LogP contribution in [0, 0.1) is 0 Å². The average Bonchev–Trinajstić information content (AvgIpc) is 3.91. The highest BCUT2D eigenvalue weighted by atomic mass is 35.5. The molecule has 4 heterocycles. The zero-order chi connectivity index (χ0) is 42.1. The van der Waals surface area contributed by atoms with Crippen LogP contribution in [-0.2, 0) is 47.6 Å². The van der Waals surface area contributed by atoms with Crippen LogP contribution in [0.1, 0.15) is 53.0 Å². The van der Waals surface area contributed by atoms with E-state index in [1.165, 1.54) is 23.4 Å². The maximum atomic E-state index is 14.3. The highest BCUT2D eigenvalue weighted by Crippen LogP contribution is 2.50. The second-order valence-corrected chi connectivity index (χ2v) is 16.7. The molecule has 0 unspecified atom stereocenters. The van der Waals surface area contributed by atoms with E-state index in [0.717, 1.165) is 17.3 Å². The fourth-order valence-corrected chi connectivity index (χ4v) is 8.27. The van der Waals surface area contributed by atoms with E-state index in [1.54, 1.807) is 29.2 Å². The van der Waals surface area contributed by atoms with Crippen LogP contribution >= 0.6 is 19.2 Å². The molecule has 0 N–H and O–H groups in total. The first kappa shape index (κ1) is 42.5. The Morgan fingerprint density at radius 1 is 0.950 bits per heavy atom. The molecule has 5 aromatic rings. The number of fused-ring (bicyclic) bond motifs is 1. The minimum absolute atomic E-state index is 0.00869. The van der Waals surface area contributed by atoms with Crippen LogP contribution in [0.15, 0.2) is 110 Å². The van der Waals surface area contributed by atoms with Crippen molar-refractivity contribution < 1.29 is 51.0 Å². The maximum Gasteiger partial charge on any atom is 0.410 e. The van der Waals surface area contributed by atoms with Crippen molar-refractivity contribution >= 4 is 37.2 Å². The van der Waals surface area contributed by atoms with Crippen molar-refractivity contribution in [3.63, 3.8) is 0 Å². The molecule has 2 aromatic heterocycles. The number of carbonyl (C=O) groups is 3. The number of piperidine rings is 1. The lowest BCUT2D eigenvalue weighted by Gasteiger charge is -2.33. The van der Waals surface area contributed by atoms with Crippen molar-refractivity contribution in [3.8, 4) is 16.9 Å². The number of cyclic esters (lactones) is 1. The van der Waals surface area contributed by atoms with E-state index in [4.69, 9.17) is 34.9 Å². The van der Waals surface area contributed by atoms with E-state index in [1.807, 2.05) is 60.7 Å². The molecule has 0 saturated carbocycles. The van der Waals surface area contributed by atoms with Crippen molar-refractivity contribution in [2.75, 3.05) is 26.0 Å². The van der Waals surface area contributed by atoms with Crippen molar-refractivity contribution in [2.45, 2.75) is 57.7 Å². The first-order valence-electron chi connectivity index (χ1n) is 19.1. The van der Waals surface area contributed by atoms with Gasteiger partial charge in [-0.05, 0) is 28.8 Å². The Morgan fingerprint density at radius 3 is 2.28 bits per heavy atom. The molecule has 2 aliphatic heterocycles. The third-order valence-corrected chi connectivity index (χ3v) is 11.9. The van der Waals surface area contributed by atoms with Gasteiger partial charge in [-0.3, -0.25) is 24.0 Å². The molecule has 2 aliphatic rings. The molecule has 314 valence electrons. The molecule has 14 nitrogen and oxygen atoms in total. The monoisotopic (exact) mass is 863 g/mol. The van der Waals surface area contributed by atoms with Crippen LogP contribution < -0.4 is 4.74 Å². The summed E-state index contributed by atoms with van der Waals surface area (Å²) in [6.07, 6.45) is 3.17. The zero-order valence-corrected chi connectivity index (χ0v) is 33.8. The number of esters is 1. The summed E-state index contributed by atoms with van der Waals surface area (Å²) in [6.45, 7) is -2.86. The first-order valence-corrected chi connectivity index (χ1v) is 21.2. The predicted octanol–water partition coefficient (Wildman–Crippen LogP) is 8.52. The summed E-state index contributed by atoms with van der Waals surface area (Å²) in [5, 5.41) is 4.22. The van der Waals surface area contributed by atoms with Crippen LogP contribution in [-0.4, -0.2) is 80.7 Å². The number of alkyl halides is 2. The van der Waals surface area contributed by atoms with Crippen LogP contribution in [0.4, 0.5) is 13.6 Å². The lowest BCUT2D eigenvalue weighted by Crippen LogP contribution is -2.44. The Bertz CT molecular complexity index is 2260. The van der Waals surface area contributed by atoms with Gasteiger partial charge in [-0.15, -0.1) is 0 Å². The summed E-state index contributed by atoms with van der Waals surface area (Å²) in [7, 11) is -3.83. The fraction of sp³-hybridized carbons (Fsp3) is 0.310. The summed E-state index contributed by atoms with van der Waals surface area (Å²) in [5.74, 6) is -1.24. The van der Waals surface area contributed by atoms with Gasteiger partial charge in [-0.2, -0.15) is 13.9 Å². The van der Waals surface area contributed by atoms with Gasteiger partial charge < -0.3 is 28.2 Å². The molecule has 0 radical (unpaired) electrons. The average molecular weight is 864 g/mol. The van der Waals surface area contributed by atoms with Gasteiger partial charge in [-0.25, -0.2) is 9.48 Å². The molecule has 2 atom stereocenters. The van der Waals surface area contributed by atoms with E-state index < -0.39 is 44.9 Å². The van der Waals surface area contributed by atoms with Gasteiger partial charge in [0.2, 0.25) is 0 Å². The highest BCUT2D eigenvalue weighted by Gasteiger charge is 2.39. The molecular formula is C42H41ClF2N5O9P. The SMILES string of the molecule is O=C(CCP(=O)(OCc1ccccc1)OCc1ccccc1)OCN(Cc1ccc(Cl)cc1)C(=O)c1cc(O[C@H]2CCN3C(=O)OC[C@@H]3C2)c(-c2cnn(C(F)F)c2)cn1. The van der Waals surface area contributed by atoms with E-state index in [0.29, 0.717) is 40.2 Å². The number of aromatic nitrogens is 3. The van der Waals surface area contributed by atoms with E-state index in [2.05, 4.69) is 10.1 Å². The number of pyridine rings is 1. The molecule has 7 rings (SSSR count). The van der Waals surface area contributed by atoms with Gasteiger partial charge in [0.25, 0.3) is 5.91 Å². The van der Waals surface area contributed by atoms with Crippen molar-refractivity contribution in [3.05, 3.63) is 137 Å².